The van der Waals surface area contributed by atoms with Crippen molar-refractivity contribution in [3.63, 3.8) is 0 Å². The van der Waals surface area contributed by atoms with E-state index >= 15 is 0 Å². The molecule has 3 heterocycles. The van der Waals surface area contributed by atoms with Crippen molar-refractivity contribution in [2.45, 2.75) is 62.2 Å². The number of aromatic nitrogens is 2. The number of ether oxygens (including phenoxy) is 1. The smallest absolute Gasteiger partial charge is 0.257 e. The fraction of sp³-hybridized carbons (Fsp3) is 0.750. The average molecular weight is 391 g/mol. The zero-order valence-corrected chi connectivity index (χ0v) is 17.3. The molecule has 1 spiro atoms. The predicted octanol–water partition coefficient (Wildman–Crippen LogP) is 2.76. The number of hydrogen-bond acceptors (Lipinski definition) is 6. The molecular weight excluding hydrogens is 360 g/mol. The first-order valence-electron chi connectivity index (χ1n) is 10.2. The molecule has 2 atom stereocenters. The van der Waals surface area contributed by atoms with Crippen molar-refractivity contribution in [1.82, 2.24) is 19.8 Å². The molecule has 0 bridgehead atoms. The fourth-order valence-electron chi connectivity index (χ4n) is 5.02. The summed E-state index contributed by atoms with van der Waals surface area (Å²) in [5.74, 6) is 0.0496. The topological polar surface area (TPSA) is 58.6 Å². The highest BCUT2D eigenvalue weighted by Crippen LogP contribution is 2.39. The number of hydrogen-bond donors (Lipinski definition) is 0. The molecule has 2 aliphatic heterocycles. The van der Waals surface area contributed by atoms with Crippen molar-refractivity contribution in [2.24, 2.45) is 0 Å². The molecular formula is C20H30N4O2S. The van der Waals surface area contributed by atoms with E-state index < -0.39 is 0 Å². The van der Waals surface area contributed by atoms with Crippen molar-refractivity contribution in [2.75, 3.05) is 39.0 Å². The Hall–Kier alpha value is -1.18. The monoisotopic (exact) mass is 390 g/mol. The lowest BCUT2D eigenvalue weighted by Gasteiger charge is -2.52. The molecule has 0 N–H and O–H groups in total. The van der Waals surface area contributed by atoms with Crippen LogP contribution in [0, 0.1) is 6.92 Å². The number of nitrogens with zero attached hydrogens (tertiary/aromatic N) is 4. The van der Waals surface area contributed by atoms with Crippen LogP contribution in [-0.2, 0) is 4.74 Å². The molecule has 3 aliphatic rings. The van der Waals surface area contributed by atoms with E-state index in [0.717, 1.165) is 12.1 Å². The van der Waals surface area contributed by atoms with Gasteiger partial charge >= 0.3 is 0 Å². The van der Waals surface area contributed by atoms with E-state index in [0.29, 0.717) is 36.5 Å². The molecule has 1 aromatic rings. The Labute approximate surface area is 166 Å². The molecule has 1 aromatic heterocycles. The summed E-state index contributed by atoms with van der Waals surface area (Å²) in [6, 6.07) is 0.445. The minimum atomic E-state index is -0.204. The van der Waals surface area contributed by atoms with Crippen LogP contribution in [0.4, 0.5) is 0 Å². The minimum Gasteiger partial charge on any atom is -0.370 e. The molecule has 1 amide bonds. The van der Waals surface area contributed by atoms with Crippen molar-refractivity contribution in [1.29, 1.82) is 0 Å². The maximum Gasteiger partial charge on any atom is 0.257 e. The Bertz CT molecular complexity index is 691. The van der Waals surface area contributed by atoms with Gasteiger partial charge in [0, 0.05) is 18.8 Å². The third-order valence-electron chi connectivity index (χ3n) is 6.38. The Morgan fingerprint density at radius 3 is 2.81 bits per heavy atom. The van der Waals surface area contributed by atoms with Crippen molar-refractivity contribution >= 4 is 17.7 Å². The van der Waals surface area contributed by atoms with Gasteiger partial charge in [-0.15, -0.1) is 0 Å². The first-order chi connectivity index (χ1) is 13.1. The normalized spacial score (nSPS) is 29.4. The van der Waals surface area contributed by atoms with Crippen LogP contribution >= 0.6 is 11.8 Å². The number of thioether (sulfide) groups is 1. The summed E-state index contributed by atoms with van der Waals surface area (Å²) < 4.78 is 6.44. The van der Waals surface area contributed by atoms with Crippen molar-refractivity contribution in [3.05, 3.63) is 17.5 Å². The molecule has 2 saturated heterocycles. The third kappa shape index (κ3) is 3.74. The van der Waals surface area contributed by atoms with Gasteiger partial charge in [-0.2, -0.15) is 0 Å². The SMILES string of the molecule is CSc1ncc(C(=O)N2CCOC3(CCCCC3N3CCCC3)C2)c(C)n1. The summed E-state index contributed by atoms with van der Waals surface area (Å²) in [5.41, 5.74) is 1.18. The van der Waals surface area contributed by atoms with Crippen LogP contribution in [-0.4, -0.2) is 76.4 Å². The molecule has 0 aromatic carbocycles. The molecule has 1 saturated carbocycles. The van der Waals surface area contributed by atoms with Gasteiger partial charge < -0.3 is 9.64 Å². The lowest BCUT2D eigenvalue weighted by Crippen LogP contribution is -2.64. The zero-order valence-electron chi connectivity index (χ0n) is 16.4. The Kier molecular flexibility index (Phi) is 5.71. The van der Waals surface area contributed by atoms with Gasteiger partial charge in [0.1, 0.15) is 5.60 Å². The van der Waals surface area contributed by atoms with E-state index in [1.54, 1.807) is 6.20 Å². The molecule has 4 rings (SSSR count). The van der Waals surface area contributed by atoms with E-state index in [4.69, 9.17) is 4.74 Å². The highest BCUT2D eigenvalue weighted by Gasteiger charge is 2.48. The largest absolute Gasteiger partial charge is 0.370 e. The second-order valence-electron chi connectivity index (χ2n) is 8.00. The second-order valence-corrected chi connectivity index (χ2v) is 8.77. The average Bonchev–Trinajstić information content (AvgIpc) is 3.22. The quantitative estimate of drug-likeness (QED) is 0.584. The highest BCUT2D eigenvalue weighted by atomic mass is 32.2. The maximum absolute atomic E-state index is 13.2. The third-order valence-corrected chi connectivity index (χ3v) is 6.94. The van der Waals surface area contributed by atoms with E-state index in [1.165, 1.54) is 57.0 Å². The highest BCUT2D eigenvalue weighted by molar-refractivity contribution is 7.98. The molecule has 7 heteroatoms. The van der Waals surface area contributed by atoms with E-state index in [2.05, 4.69) is 14.9 Å². The van der Waals surface area contributed by atoms with Crippen LogP contribution in [0.2, 0.25) is 0 Å². The van der Waals surface area contributed by atoms with E-state index in [-0.39, 0.29) is 11.5 Å². The molecule has 27 heavy (non-hydrogen) atoms. The van der Waals surface area contributed by atoms with Gasteiger partial charge in [0.05, 0.1) is 24.4 Å². The first kappa shape index (κ1) is 19.2. The molecule has 0 radical (unpaired) electrons. The summed E-state index contributed by atoms with van der Waals surface area (Å²) in [6.07, 6.45) is 10.9. The second kappa shape index (κ2) is 8.05. The van der Waals surface area contributed by atoms with Crippen LogP contribution in [0.15, 0.2) is 11.4 Å². The lowest BCUT2D eigenvalue weighted by molar-refractivity contribution is -0.156. The Balaban J connectivity index is 1.55. The van der Waals surface area contributed by atoms with Gasteiger partial charge in [-0.1, -0.05) is 24.6 Å². The van der Waals surface area contributed by atoms with Gasteiger partial charge in [0.25, 0.3) is 5.91 Å². The summed E-state index contributed by atoms with van der Waals surface area (Å²) in [6.45, 7) is 6.21. The summed E-state index contributed by atoms with van der Waals surface area (Å²) in [7, 11) is 0. The molecule has 3 fully saturated rings. The number of likely N-dealkylation sites (tertiary alicyclic amines) is 1. The van der Waals surface area contributed by atoms with Gasteiger partial charge in [-0.25, -0.2) is 9.97 Å². The number of morpholine rings is 1. The molecule has 2 unspecified atom stereocenters. The maximum atomic E-state index is 13.2. The number of rotatable bonds is 3. The predicted molar refractivity (Wildman–Crippen MR) is 106 cm³/mol. The van der Waals surface area contributed by atoms with Crippen LogP contribution in [0.3, 0.4) is 0 Å². The van der Waals surface area contributed by atoms with E-state index in [1.807, 2.05) is 18.1 Å². The number of aryl methyl sites for hydroxylation is 1. The zero-order chi connectivity index (χ0) is 18.9. The van der Waals surface area contributed by atoms with Crippen LogP contribution < -0.4 is 0 Å². The molecule has 1 aliphatic carbocycles. The van der Waals surface area contributed by atoms with Crippen LogP contribution in [0.5, 0.6) is 0 Å². The van der Waals surface area contributed by atoms with E-state index in [9.17, 15) is 4.79 Å². The van der Waals surface area contributed by atoms with Crippen LogP contribution in [0.25, 0.3) is 0 Å². The van der Waals surface area contributed by atoms with Gasteiger partial charge in [-0.05, 0) is 52.0 Å². The number of amides is 1. The van der Waals surface area contributed by atoms with Gasteiger partial charge in [-0.3, -0.25) is 9.69 Å². The first-order valence-corrected chi connectivity index (χ1v) is 11.4. The van der Waals surface area contributed by atoms with Crippen molar-refractivity contribution < 1.29 is 9.53 Å². The minimum absolute atomic E-state index is 0.0496. The summed E-state index contributed by atoms with van der Waals surface area (Å²) in [4.78, 5) is 26.6. The Morgan fingerprint density at radius 1 is 1.26 bits per heavy atom. The lowest BCUT2D eigenvalue weighted by atomic mass is 9.78. The van der Waals surface area contributed by atoms with Gasteiger partial charge in [0.2, 0.25) is 0 Å². The van der Waals surface area contributed by atoms with Crippen molar-refractivity contribution in [3.8, 4) is 0 Å². The number of carbonyl (C=O) groups excluding carboxylic acids is 1. The summed E-state index contributed by atoms with van der Waals surface area (Å²) >= 11 is 1.50. The summed E-state index contributed by atoms with van der Waals surface area (Å²) in [5, 5.41) is 0.712. The Morgan fingerprint density at radius 2 is 2.07 bits per heavy atom. The van der Waals surface area contributed by atoms with Crippen LogP contribution in [0.1, 0.15) is 54.6 Å². The van der Waals surface area contributed by atoms with Gasteiger partial charge in [0.15, 0.2) is 5.16 Å². The standard InChI is InChI=1S/C20H30N4O2S/c1-15-16(13-21-19(22-15)27-2)18(25)24-11-12-26-20(14-24)8-4-3-7-17(20)23-9-5-6-10-23/h13,17H,3-12,14H2,1-2H3. The molecule has 148 valence electrons. The number of carbonyl (C=O) groups is 1. The molecule has 6 nitrogen and oxygen atoms in total. The fourth-order valence-corrected chi connectivity index (χ4v) is 5.40.